The number of benzene rings is 1. The molecule has 0 spiro atoms. The van der Waals surface area contributed by atoms with Gasteiger partial charge < -0.3 is 10.2 Å². The van der Waals surface area contributed by atoms with Crippen molar-refractivity contribution >= 4 is 33.4 Å². The minimum Gasteiger partial charge on any atom is -0.342 e. The largest absolute Gasteiger partial charge is 0.342 e. The van der Waals surface area contributed by atoms with E-state index in [0.29, 0.717) is 0 Å². The summed E-state index contributed by atoms with van der Waals surface area (Å²) in [5, 5.41) is 2.80. The van der Waals surface area contributed by atoms with Gasteiger partial charge in [0.1, 0.15) is 12.6 Å². The van der Waals surface area contributed by atoms with E-state index in [9.17, 15) is 9.59 Å². The number of amides is 2. The first-order valence-electron chi connectivity index (χ1n) is 6.81. The van der Waals surface area contributed by atoms with Crippen molar-refractivity contribution in [2.45, 2.75) is 33.2 Å². The summed E-state index contributed by atoms with van der Waals surface area (Å²) in [5.74, 6) is -0.00978. The van der Waals surface area contributed by atoms with Crippen LogP contribution in [0.5, 0.6) is 0 Å². The Hall–Kier alpha value is -1.36. The molecule has 1 fully saturated rings. The number of hydrogen-bond acceptors (Lipinski definition) is 2. The number of hydrogen-bond donors (Lipinski definition) is 1. The van der Waals surface area contributed by atoms with Gasteiger partial charge in [0.15, 0.2) is 0 Å². The zero-order chi connectivity index (χ0) is 14.9. The molecule has 2 amide bonds. The van der Waals surface area contributed by atoms with Crippen molar-refractivity contribution in [3.05, 3.63) is 28.2 Å². The van der Waals surface area contributed by atoms with Gasteiger partial charge in [-0.2, -0.15) is 0 Å². The molecule has 1 aromatic carbocycles. The molecule has 0 aliphatic carbocycles. The monoisotopic (exact) mass is 338 g/mol. The van der Waals surface area contributed by atoms with E-state index in [-0.39, 0.29) is 24.3 Å². The van der Waals surface area contributed by atoms with Crippen molar-refractivity contribution in [1.29, 1.82) is 0 Å². The van der Waals surface area contributed by atoms with Crippen molar-refractivity contribution < 1.29 is 9.59 Å². The maximum Gasteiger partial charge on any atom is 0.250 e. The fourth-order valence-corrected chi connectivity index (χ4v) is 2.63. The van der Waals surface area contributed by atoms with Gasteiger partial charge >= 0.3 is 0 Å². The molecule has 20 heavy (non-hydrogen) atoms. The lowest BCUT2D eigenvalue weighted by molar-refractivity contribution is -0.132. The number of anilines is 1. The molecule has 4 nitrogen and oxygen atoms in total. The number of halogens is 1. The van der Waals surface area contributed by atoms with E-state index in [2.05, 4.69) is 21.2 Å². The van der Waals surface area contributed by atoms with Crippen molar-refractivity contribution in [2.75, 3.05) is 11.4 Å². The summed E-state index contributed by atoms with van der Waals surface area (Å²) in [6, 6.07) is 5.28. The van der Waals surface area contributed by atoms with Gasteiger partial charge in [-0.1, -0.05) is 42.3 Å². The highest BCUT2D eigenvalue weighted by atomic mass is 79.9. The molecule has 5 heteroatoms. The molecule has 1 aliphatic rings. The van der Waals surface area contributed by atoms with E-state index in [1.54, 1.807) is 4.90 Å². The minimum absolute atomic E-state index is 0.0327. The number of rotatable bonds is 3. The predicted octanol–water partition coefficient (Wildman–Crippen LogP) is 2.64. The molecule has 2 unspecified atom stereocenters. The van der Waals surface area contributed by atoms with Crippen LogP contribution in [0.3, 0.4) is 0 Å². The molecule has 0 radical (unpaired) electrons. The van der Waals surface area contributed by atoms with E-state index in [1.165, 1.54) is 0 Å². The summed E-state index contributed by atoms with van der Waals surface area (Å²) < 4.78 is 0.939. The molecule has 1 saturated heterocycles. The summed E-state index contributed by atoms with van der Waals surface area (Å²) in [6.45, 7) is 6.07. The molecule has 1 aromatic rings. The lowest BCUT2D eigenvalue weighted by Gasteiger charge is -2.35. The van der Waals surface area contributed by atoms with Crippen LogP contribution in [-0.4, -0.2) is 24.4 Å². The van der Waals surface area contributed by atoms with Crippen LogP contribution >= 0.6 is 15.9 Å². The van der Waals surface area contributed by atoms with E-state index < -0.39 is 6.04 Å². The van der Waals surface area contributed by atoms with Crippen LogP contribution < -0.4 is 10.2 Å². The second kappa shape index (κ2) is 5.95. The molecule has 0 aromatic heterocycles. The third-order valence-corrected chi connectivity index (χ3v) is 4.68. The Morgan fingerprint density at radius 1 is 1.45 bits per heavy atom. The van der Waals surface area contributed by atoms with Crippen molar-refractivity contribution in [3.63, 3.8) is 0 Å². The van der Waals surface area contributed by atoms with Gasteiger partial charge in [0, 0.05) is 10.2 Å². The smallest absolute Gasteiger partial charge is 0.250 e. The highest BCUT2D eigenvalue weighted by Gasteiger charge is 2.36. The Kier molecular flexibility index (Phi) is 4.48. The van der Waals surface area contributed by atoms with E-state index in [4.69, 9.17) is 0 Å². The molecule has 2 rings (SSSR count). The average Bonchev–Trinajstić information content (AvgIpc) is 2.43. The first kappa shape index (κ1) is 15.0. The Morgan fingerprint density at radius 3 is 2.75 bits per heavy atom. The molecule has 0 bridgehead atoms. The molecular weight excluding hydrogens is 320 g/mol. The first-order chi connectivity index (χ1) is 9.43. The van der Waals surface area contributed by atoms with Crippen molar-refractivity contribution in [3.8, 4) is 0 Å². The summed E-state index contributed by atoms with van der Waals surface area (Å²) >= 11 is 3.47. The second-order valence-corrected chi connectivity index (χ2v) is 6.14. The fourth-order valence-electron chi connectivity index (χ4n) is 2.26. The minimum atomic E-state index is -0.429. The average molecular weight is 339 g/mol. The number of nitrogens with one attached hydrogen (secondary N) is 1. The van der Waals surface area contributed by atoms with E-state index in [1.807, 2.05) is 39.0 Å². The third kappa shape index (κ3) is 2.87. The van der Waals surface area contributed by atoms with Crippen LogP contribution in [-0.2, 0) is 9.59 Å². The highest BCUT2D eigenvalue weighted by molar-refractivity contribution is 9.10. The molecule has 1 N–H and O–H groups in total. The Balaban J connectivity index is 2.32. The van der Waals surface area contributed by atoms with Crippen LogP contribution in [0.4, 0.5) is 5.69 Å². The van der Waals surface area contributed by atoms with E-state index in [0.717, 1.165) is 22.1 Å². The Labute approximate surface area is 127 Å². The SMILES string of the molecule is CCC(C)C1NC(=O)CN(c2ccc(C)c(Br)c2)C1=O. The predicted molar refractivity (Wildman–Crippen MR) is 82.6 cm³/mol. The second-order valence-electron chi connectivity index (χ2n) is 5.29. The molecule has 0 saturated carbocycles. The van der Waals surface area contributed by atoms with E-state index >= 15 is 0 Å². The van der Waals surface area contributed by atoms with Gasteiger partial charge in [0.2, 0.25) is 11.8 Å². The summed E-state index contributed by atoms with van der Waals surface area (Å²) in [5.41, 5.74) is 1.86. The van der Waals surface area contributed by atoms with Gasteiger partial charge in [0.25, 0.3) is 0 Å². The highest BCUT2D eigenvalue weighted by Crippen LogP contribution is 2.26. The van der Waals surface area contributed by atoms with Gasteiger partial charge in [-0.25, -0.2) is 0 Å². The molecule has 2 atom stereocenters. The van der Waals surface area contributed by atoms with Gasteiger partial charge in [0.05, 0.1) is 0 Å². The Morgan fingerprint density at radius 2 is 2.15 bits per heavy atom. The zero-order valence-corrected chi connectivity index (χ0v) is 13.5. The first-order valence-corrected chi connectivity index (χ1v) is 7.60. The topological polar surface area (TPSA) is 49.4 Å². The van der Waals surface area contributed by atoms with Gasteiger partial charge in [-0.3, -0.25) is 9.59 Å². The van der Waals surface area contributed by atoms with Crippen molar-refractivity contribution in [2.24, 2.45) is 5.92 Å². The van der Waals surface area contributed by atoms with Crippen LogP contribution in [0, 0.1) is 12.8 Å². The maximum atomic E-state index is 12.6. The molecule has 1 heterocycles. The summed E-state index contributed by atoms with van der Waals surface area (Å²) in [4.78, 5) is 26.0. The molecule has 1 aliphatic heterocycles. The normalized spacial score (nSPS) is 20.8. The number of carbonyl (C=O) groups excluding carboxylic acids is 2. The number of piperazine rings is 1. The van der Waals surface area contributed by atoms with Crippen LogP contribution in [0.25, 0.3) is 0 Å². The van der Waals surface area contributed by atoms with Crippen LogP contribution in [0.15, 0.2) is 22.7 Å². The summed E-state index contributed by atoms with van der Waals surface area (Å²) in [7, 11) is 0. The standard InChI is InChI=1S/C15H19BrN2O2/c1-4-9(2)14-15(20)18(8-13(19)17-14)11-6-5-10(3)12(16)7-11/h5-7,9,14H,4,8H2,1-3H3,(H,17,19). The number of carbonyl (C=O) groups is 2. The van der Waals surface area contributed by atoms with Gasteiger partial charge in [-0.05, 0) is 30.5 Å². The summed E-state index contributed by atoms with van der Waals surface area (Å²) in [6.07, 6.45) is 0.849. The van der Waals surface area contributed by atoms with Gasteiger partial charge in [-0.15, -0.1) is 0 Å². The number of aryl methyl sites for hydroxylation is 1. The zero-order valence-electron chi connectivity index (χ0n) is 11.9. The molecular formula is C15H19BrN2O2. The van der Waals surface area contributed by atoms with Crippen molar-refractivity contribution in [1.82, 2.24) is 5.32 Å². The quantitative estimate of drug-likeness (QED) is 0.920. The van der Waals surface area contributed by atoms with Crippen LogP contribution in [0.2, 0.25) is 0 Å². The third-order valence-electron chi connectivity index (χ3n) is 3.83. The van der Waals surface area contributed by atoms with Crippen LogP contribution in [0.1, 0.15) is 25.8 Å². The molecule has 108 valence electrons. The Bertz CT molecular complexity index is 545. The number of nitrogens with zero attached hydrogens (tertiary/aromatic N) is 1. The fraction of sp³-hybridized carbons (Fsp3) is 0.467. The lowest BCUT2D eigenvalue weighted by atomic mass is 9.96. The lowest BCUT2D eigenvalue weighted by Crippen LogP contribution is -2.60. The maximum absolute atomic E-state index is 12.6.